The van der Waals surface area contributed by atoms with E-state index >= 15 is 0 Å². The minimum atomic E-state index is 0.237. The first-order valence-corrected chi connectivity index (χ1v) is 10.7. The molecule has 0 bridgehead atoms. The fourth-order valence-corrected chi connectivity index (χ4v) is 4.49. The third-order valence-electron chi connectivity index (χ3n) is 5.76. The highest BCUT2D eigenvalue weighted by Gasteiger charge is 2.26. The monoisotopic (exact) mass is 397 g/mol. The van der Waals surface area contributed by atoms with E-state index in [9.17, 15) is 4.79 Å². The molecule has 5 heteroatoms. The standard InChI is InChI=1S/C23H28ClN3O/c24-20-8-6-7-19(17-20)18-26-15-16-27(22-10-3-2-9-21(22)26)23(28)11-14-25-12-4-1-5-13-25/h2-3,6-10,17H,1,4-5,11-16,18H2. The molecule has 1 saturated heterocycles. The number of anilines is 2. The lowest BCUT2D eigenvalue weighted by atomic mass is 10.1. The van der Waals surface area contributed by atoms with E-state index in [-0.39, 0.29) is 5.91 Å². The van der Waals surface area contributed by atoms with Crippen LogP contribution in [0.15, 0.2) is 48.5 Å². The quantitative estimate of drug-likeness (QED) is 0.739. The lowest BCUT2D eigenvalue weighted by molar-refractivity contribution is -0.119. The molecule has 0 aliphatic carbocycles. The predicted molar refractivity (Wildman–Crippen MR) is 116 cm³/mol. The van der Waals surface area contributed by atoms with E-state index in [0.29, 0.717) is 6.42 Å². The molecule has 2 heterocycles. The van der Waals surface area contributed by atoms with Crippen LogP contribution >= 0.6 is 11.6 Å². The maximum Gasteiger partial charge on any atom is 0.228 e. The summed E-state index contributed by atoms with van der Waals surface area (Å²) in [6, 6.07) is 16.3. The van der Waals surface area contributed by atoms with Crippen molar-refractivity contribution < 1.29 is 4.79 Å². The van der Waals surface area contributed by atoms with Gasteiger partial charge in [-0.2, -0.15) is 0 Å². The van der Waals surface area contributed by atoms with E-state index in [0.717, 1.165) is 55.7 Å². The van der Waals surface area contributed by atoms with Crippen LogP contribution in [0.5, 0.6) is 0 Å². The van der Waals surface area contributed by atoms with Crippen molar-refractivity contribution in [3.8, 4) is 0 Å². The average Bonchev–Trinajstić information content (AvgIpc) is 2.73. The Bertz CT molecular complexity index is 819. The molecule has 0 N–H and O–H groups in total. The van der Waals surface area contributed by atoms with Crippen molar-refractivity contribution in [3.05, 3.63) is 59.1 Å². The Morgan fingerprint density at radius 1 is 0.893 bits per heavy atom. The third-order valence-corrected chi connectivity index (χ3v) is 6.00. The smallest absolute Gasteiger partial charge is 0.228 e. The summed E-state index contributed by atoms with van der Waals surface area (Å²) in [6.45, 7) is 5.51. The Kier molecular flexibility index (Phi) is 6.18. The number of amides is 1. The van der Waals surface area contributed by atoms with Crippen LogP contribution in [0, 0.1) is 0 Å². The van der Waals surface area contributed by atoms with Gasteiger partial charge in [0.25, 0.3) is 0 Å². The minimum Gasteiger partial charge on any atom is -0.364 e. The number of carbonyl (C=O) groups is 1. The molecular formula is C23H28ClN3O. The topological polar surface area (TPSA) is 26.8 Å². The second kappa shape index (κ2) is 8.97. The molecule has 1 amide bonds. The van der Waals surface area contributed by atoms with Crippen LogP contribution < -0.4 is 9.80 Å². The number of hydrogen-bond donors (Lipinski definition) is 0. The van der Waals surface area contributed by atoms with Crippen LogP contribution in [0.25, 0.3) is 0 Å². The lowest BCUT2D eigenvalue weighted by Gasteiger charge is -2.38. The second-order valence-corrected chi connectivity index (χ2v) is 8.17. The third kappa shape index (κ3) is 4.50. The molecule has 0 spiro atoms. The maximum absolute atomic E-state index is 13.0. The Hall–Kier alpha value is -2.04. The van der Waals surface area contributed by atoms with Crippen LogP contribution in [0.3, 0.4) is 0 Å². The Morgan fingerprint density at radius 2 is 1.68 bits per heavy atom. The van der Waals surface area contributed by atoms with Crippen molar-refractivity contribution in [2.45, 2.75) is 32.2 Å². The first-order chi connectivity index (χ1) is 13.7. The highest BCUT2D eigenvalue weighted by molar-refractivity contribution is 6.30. The van der Waals surface area contributed by atoms with Gasteiger partial charge in [-0.3, -0.25) is 4.79 Å². The molecule has 2 aliphatic heterocycles. The van der Waals surface area contributed by atoms with Gasteiger partial charge in [0.05, 0.1) is 11.4 Å². The SMILES string of the molecule is O=C(CCN1CCCCC1)N1CCN(Cc2cccc(Cl)c2)c2ccccc21. The first kappa shape index (κ1) is 19.3. The molecule has 0 atom stereocenters. The number of para-hydroxylation sites is 2. The number of rotatable bonds is 5. The summed E-state index contributed by atoms with van der Waals surface area (Å²) >= 11 is 6.15. The molecule has 2 aromatic rings. The number of benzene rings is 2. The molecule has 28 heavy (non-hydrogen) atoms. The average molecular weight is 398 g/mol. The molecule has 0 saturated carbocycles. The maximum atomic E-state index is 13.0. The summed E-state index contributed by atoms with van der Waals surface area (Å²) in [6.07, 6.45) is 4.45. The van der Waals surface area contributed by atoms with Gasteiger partial charge in [-0.15, -0.1) is 0 Å². The van der Waals surface area contributed by atoms with Crippen LogP contribution in [0.2, 0.25) is 5.02 Å². The van der Waals surface area contributed by atoms with Crippen molar-refractivity contribution in [1.29, 1.82) is 0 Å². The number of hydrogen-bond acceptors (Lipinski definition) is 3. The van der Waals surface area contributed by atoms with Gasteiger partial charge in [0, 0.05) is 37.6 Å². The van der Waals surface area contributed by atoms with Gasteiger partial charge in [-0.1, -0.05) is 42.3 Å². The van der Waals surface area contributed by atoms with Crippen molar-refractivity contribution in [2.24, 2.45) is 0 Å². The first-order valence-electron chi connectivity index (χ1n) is 10.3. The normalized spacial score (nSPS) is 17.5. The second-order valence-electron chi connectivity index (χ2n) is 7.74. The zero-order chi connectivity index (χ0) is 19.3. The number of fused-ring (bicyclic) bond motifs is 1. The van der Waals surface area contributed by atoms with Crippen molar-refractivity contribution in [1.82, 2.24) is 4.90 Å². The number of halogens is 1. The van der Waals surface area contributed by atoms with Gasteiger partial charge in [0.15, 0.2) is 0 Å². The summed E-state index contributed by atoms with van der Waals surface area (Å²) in [5.41, 5.74) is 3.34. The molecule has 4 rings (SSSR count). The van der Waals surface area contributed by atoms with Gasteiger partial charge >= 0.3 is 0 Å². The summed E-state index contributed by atoms with van der Waals surface area (Å²) in [5.74, 6) is 0.237. The zero-order valence-electron chi connectivity index (χ0n) is 16.3. The Labute approximate surface area is 172 Å². The van der Waals surface area contributed by atoms with Gasteiger partial charge in [-0.05, 0) is 55.8 Å². The van der Waals surface area contributed by atoms with E-state index in [2.05, 4.69) is 28.0 Å². The molecule has 4 nitrogen and oxygen atoms in total. The Balaban J connectivity index is 1.45. The highest BCUT2D eigenvalue weighted by atomic mass is 35.5. The molecule has 2 aliphatic rings. The van der Waals surface area contributed by atoms with Crippen molar-refractivity contribution in [2.75, 3.05) is 42.5 Å². The molecule has 148 valence electrons. The fourth-order valence-electron chi connectivity index (χ4n) is 4.27. The highest BCUT2D eigenvalue weighted by Crippen LogP contribution is 2.34. The number of carbonyl (C=O) groups excluding carboxylic acids is 1. The van der Waals surface area contributed by atoms with Gasteiger partial charge in [0.2, 0.25) is 5.91 Å². The lowest BCUT2D eigenvalue weighted by Crippen LogP contribution is -2.45. The largest absolute Gasteiger partial charge is 0.364 e. The molecule has 2 aromatic carbocycles. The molecule has 1 fully saturated rings. The molecule has 0 aromatic heterocycles. The van der Waals surface area contributed by atoms with E-state index in [1.807, 2.05) is 35.2 Å². The van der Waals surface area contributed by atoms with E-state index < -0.39 is 0 Å². The van der Waals surface area contributed by atoms with Crippen molar-refractivity contribution in [3.63, 3.8) is 0 Å². The number of nitrogens with zero attached hydrogens (tertiary/aromatic N) is 3. The van der Waals surface area contributed by atoms with E-state index in [1.165, 1.54) is 24.8 Å². The van der Waals surface area contributed by atoms with Gasteiger partial charge in [-0.25, -0.2) is 0 Å². The van der Waals surface area contributed by atoms with Crippen LogP contribution in [-0.4, -0.2) is 43.5 Å². The van der Waals surface area contributed by atoms with Crippen LogP contribution in [-0.2, 0) is 11.3 Å². The van der Waals surface area contributed by atoms with Crippen LogP contribution in [0.4, 0.5) is 11.4 Å². The zero-order valence-corrected chi connectivity index (χ0v) is 17.1. The van der Waals surface area contributed by atoms with Crippen LogP contribution in [0.1, 0.15) is 31.2 Å². The predicted octanol–water partition coefficient (Wildman–Crippen LogP) is 4.57. The fraction of sp³-hybridized carbons (Fsp3) is 0.435. The summed E-state index contributed by atoms with van der Waals surface area (Å²) in [7, 11) is 0. The summed E-state index contributed by atoms with van der Waals surface area (Å²) in [4.78, 5) is 19.7. The van der Waals surface area contributed by atoms with E-state index in [4.69, 9.17) is 11.6 Å². The number of piperidine rings is 1. The molecule has 0 unspecified atom stereocenters. The summed E-state index contributed by atoms with van der Waals surface area (Å²) < 4.78 is 0. The Morgan fingerprint density at radius 3 is 2.46 bits per heavy atom. The molecule has 0 radical (unpaired) electrons. The van der Waals surface area contributed by atoms with E-state index in [1.54, 1.807) is 0 Å². The van der Waals surface area contributed by atoms with Gasteiger partial charge in [0.1, 0.15) is 0 Å². The van der Waals surface area contributed by atoms with Gasteiger partial charge < -0.3 is 14.7 Å². The minimum absolute atomic E-state index is 0.237. The number of likely N-dealkylation sites (tertiary alicyclic amines) is 1. The van der Waals surface area contributed by atoms with Crippen molar-refractivity contribution >= 4 is 28.9 Å². The summed E-state index contributed by atoms with van der Waals surface area (Å²) in [5, 5.41) is 0.761. The molecular weight excluding hydrogens is 370 g/mol.